The van der Waals surface area contributed by atoms with Crippen molar-refractivity contribution in [3.05, 3.63) is 146 Å². The Bertz CT molecular complexity index is 1760. The highest BCUT2D eigenvalue weighted by Gasteiger charge is 2.19. The van der Waals surface area contributed by atoms with E-state index in [9.17, 15) is 14.4 Å². The van der Waals surface area contributed by atoms with Crippen LogP contribution in [0.2, 0.25) is 0 Å². The van der Waals surface area contributed by atoms with Crippen LogP contribution < -0.4 is 0 Å². The molecule has 0 saturated carbocycles. The van der Waals surface area contributed by atoms with Crippen LogP contribution in [0.4, 0.5) is 0 Å². The van der Waals surface area contributed by atoms with E-state index in [1.54, 1.807) is 0 Å². The van der Waals surface area contributed by atoms with Crippen molar-refractivity contribution in [1.29, 1.82) is 0 Å². The number of carbonyl (C=O) groups excluding carboxylic acids is 3. The first-order chi connectivity index (χ1) is 40.0. The fourth-order valence-electron chi connectivity index (χ4n) is 8.92. The Hall–Kier alpha value is -4.71. The van der Waals surface area contributed by atoms with E-state index in [-0.39, 0.29) is 37.5 Å². The summed E-state index contributed by atoms with van der Waals surface area (Å²) < 4.78 is 16.9. The molecule has 0 bridgehead atoms. The lowest BCUT2D eigenvalue weighted by atomic mass is 10.0. The molecule has 6 nitrogen and oxygen atoms in total. The first kappa shape index (κ1) is 76.3. The van der Waals surface area contributed by atoms with Gasteiger partial charge in [-0.05, 0) is 122 Å². The second kappa shape index (κ2) is 67.8. The molecule has 0 aliphatic heterocycles. The van der Waals surface area contributed by atoms with Crippen LogP contribution in [0.3, 0.4) is 0 Å². The Morgan fingerprint density at radius 2 is 0.481 bits per heavy atom. The minimum atomic E-state index is -0.806. The average molecular weight is 1120 g/mol. The summed E-state index contributed by atoms with van der Waals surface area (Å²) in [4.78, 5) is 38.3. The molecule has 0 heterocycles. The highest BCUT2D eigenvalue weighted by molar-refractivity contribution is 5.71. The van der Waals surface area contributed by atoms with Crippen LogP contribution in [-0.2, 0) is 28.6 Å². The van der Waals surface area contributed by atoms with Gasteiger partial charge in [-0.15, -0.1) is 0 Å². The summed E-state index contributed by atoms with van der Waals surface area (Å²) in [5.41, 5.74) is 0. The number of hydrogen-bond acceptors (Lipinski definition) is 6. The molecule has 0 rings (SSSR count). The maximum atomic E-state index is 12.9. The molecule has 0 amide bonds. The highest BCUT2D eigenvalue weighted by Crippen LogP contribution is 2.16. The van der Waals surface area contributed by atoms with Gasteiger partial charge in [-0.3, -0.25) is 14.4 Å². The molecular weight excluding hydrogens is 997 g/mol. The van der Waals surface area contributed by atoms with Crippen LogP contribution in [0.15, 0.2) is 146 Å². The van der Waals surface area contributed by atoms with E-state index in [0.717, 1.165) is 128 Å². The number of carbonyl (C=O) groups is 3. The molecule has 0 aliphatic rings. The maximum absolute atomic E-state index is 12.9. The van der Waals surface area contributed by atoms with E-state index in [1.807, 2.05) is 0 Å². The van der Waals surface area contributed by atoms with Gasteiger partial charge in [-0.2, -0.15) is 0 Å². The summed E-state index contributed by atoms with van der Waals surface area (Å²) in [6, 6.07) is 0. The number of unbranched alkanes of at least 4 members (excludes halogenated alkanes) is 24. The van der Waals surface area contributed by atoms with E-state index in [2.05, 4.69) is 167 Å². The van der Waals surface area contributed by atoms with Gasteiger partial charge in [-0.1, -0.05) is 295 Å². The third-order valence-electron chi connectivity index (χ3n) is 13.8. The molecule has 6 heteroatoms. The normalized spacial score (nSPS) is 13.1. The van der Waals surface area contributed by atoms with Crippen LogP contribution in [0.5, 0.6) is 0 Å². The lowest BCUT2D eigenvalue weighted by Crippen LogP contribution is -2.30. The Morgan fingerprint density at radius 1 is 0.259 bits per heavy atom. The molecule has 0 fully saturated rings. The lowest BCUT2D eigenvalue weighted by molar-refractivity contribution is -0.167. The smallest absolute Gasteiger partial charge is 0.306 e. The van der Waals surface area contributed by atoms with Gasteiger partial charge >= 0.3 is 17.9 Å². The van der Waals surface area contributed by atoms with Gasteiger partial charge in [0.15, 0.2) is 6.10 Å². The zero-order valence-electron chi connectivity index (χ0n) is 52.5. The fourth-order valence-corrected chi connectivity index (χ4v) is 8.92. The number of hydrogen-bond donors (Lipinski definition) is 0. The summed E-state index contributed by atoms with van der Waals surface area (Å²) in [7, 11) is 0. The maximum Gasteiger partial charge on any atom is 0.306 e. The van der Waals surface area contributed by atoms with Crippen molar-refractivity contribution in [2.75, 3.05) is 13.2 Å². The molecule has 458 valence electrons. The molecule has 1 unspecified atom stereocenters. The second-order valence-electron chi connectivity index (χ2n) is 21.6. The molecule has 0 spiro atoms. The van der Waals surface area contributed by atoms with E-state index < -0.39 is 6.10 Å². The minimum Gasteiger partial charge on any atom is -0.462 e. The van der Waals surface area contributed by atoms with E-state index in [4.69, 9.17) is 14.2 Å². The van der Waals surface area contributed by atoms with Crippen molar-refractivity contribution in [3.8, 4) is 0 Å². The van der Waals surface area contributed by atoms with Crippen LogP contribution in [0, 0.1) is 0 Å². The van der Waals surface area contributed by atoms with Gasteiger partial charge in [0.1, 0.15) is 13.2 Å². The predicted octanol–water partition coefficient (Wildman–Crippen LogP) is 23.1. The number of rotatable bonds is 59. The molecule has 81 heavy (non-hydrogen) atoms. The van der Waals surface area contributed by atoms with Crippen molar-refractivity contribution in [3.63, 3.8) is 0 Å². The number of allylic oxidation sites excluding steroid dienone is 24. The van der Waals surface area contributed by atoms with Crippen LogP contribution in [-0.4, -0.2) is 37.2 Å². The molecule has 0 saturated heterocycles. The molecule has 1 atom stereocenters. The van der Waals surface area contributed by atoms with Gasteiger partial charge in [-0.25, -0.2) is 0 Å². The Kier molecular flexibility index (Phi) is 63.9. The van der Waals surface area contributed by atoms with E-state index >= 15 is 0 Å². The monoisotopic (exact) mass is 1120 g/mol. The highest BCUT2D eigenvalue weighted by atomic mass is 16.6. The van der Waals surface area contributed by atoms with E-state index in [0.29, 0.717) is 19.3 Å². The van der Waals surface area contributed by atoms with Gasteiger partial charge < -0.3 is 14.2 Å². The first-order valence-electron chi connectivity index (χ1n) is 33.3. The largest absolute Gasteiger partial charge is 0.462 e. The molecule has 0 aromatic heterocycles. The van der Waals surface area contributed by atoms with E-state index in [1.165, 1.54) is 116 Å². The van der Waals surface area contributed by atoms with Gasteiger partial charge in [0, 0.05) is 19.3 Å². The van der Waals surface area contributed by atoms with Crippen molar-refractivity contribution in [1.82, 2.24) is 0 Å². The summed E-state index contributed by atoms with van der Waals surface area (Å²) in [5.74, 6) is -0.942. The third-order valence-corrected chi connectivity index (χ3v) is 13.8. The zero-order chi connectivity index (χ0) is 58.5. The van der Waals surface area contributed by atoms with Crippen molar-refractivity contribution >= 4 is 17.9 Å². The van der Waals surface area contributed by atoms with Gasteiger partial charge in [0.05, 0.1) is 0 Å². The summed E-state index contributed by atoms with van der Waals surface area (Å²) in [6.07, 6.45) is 97.2. The van der Waals surface area contributed by atoms with Crippen molar-refractivity contribution < 1.29 is 28.6 Å². The molecule has 0 aromatic carbocycles. The predicted molar refractivity (Wildman–Crippen MR) is 352 cm³/mol. The minimum absolute atomic E-state index is 0.0977. The number of esters is 3. The fraction of sp³-hybridized carbons (Fsp3) is 0.640. The van der Waals surface area contributed by atoms with Gasteiger partial charge in [0.2, 0.25) is 0 Å². The van der Waals surface area contributed by atoms with Gasteiger partial charge in [0.25, 0.3) is 0 Å². The molecule has 0 radical (unpaired) electrons. The molecule has 0 aromatic rings. The lowest BCUT2D eigenvalue weighted by Gasteiger charge is -2.18. The topological polar surface area (TPSA) is 78.9 Å². The SMILES string of the molecule is CC/C=C\C/C=C\C/C=C\C/C=C\C/C=C\C/C=C\CCCCCCCCCCCCCCC(=O)OCC(COC(=O)CCCCCCCCCCCCC)OC(=O)CCCC/C=C\C/C=C\C/C=C\C/C=C\C/C=C\C/C=C\CC. The summed E-state index contributed by atoms with van der Waals surface area (Å²) in [5, 5.41) is 0. The number of ether oxygens (including phenoxy) is 3. The average Bonchev–Trinajstić information content (AvgIpc) is 3.47. The van der Waals surface area contributed by atoms with Crippen LogP contribution >= 0.6 is 0 Å². The quantitative estimate of drug-likeness (QED) is 0.0261. The summed E-state index contributed by atoms with van der Waals surface area (Å²) in [6.45, 7) is 6.38. The summed E-state index contributed by atoms with van der Waals surface area (Å²) >= 11 is 0. The second-order valence-corrected chi connectivity index (χ2v) is 21.6. The standard InChI is InChI=1S/C75H122O6/c1-4-7-10-13-16-19-22-24-26-28-30-32-33-34-35-36-37-38-39-40-41-43-44-46-48-50-53-56-59-62-65-68-74(77)80-71-72(70-79-73(76)67-64-61-58-55-52-21-18-15-12-9-6-3)81-75(78)69-66-63-60-57-54-51-49-47-45-42-31-29-27-25-23-20-17-14-11-8-5-2/h7-8,10-11,16-17,19-20,24-27,30-32,34-35,37-38,42,47,49,54,57,72H,4-6,9,12-15,18,21-23,28-29,33,36,39-41,43-46,48,50-53,55-56,58-71H2,1-3H3/b10-7-,11-8-,19-16-,20-17-,26-24-,27-25-,32-30-,35-34-,38-37-,42-31-,49-47-,57-54-. The van der Waals surface area contributed by atoms with Crippen molar-refractivity contribution in [2.24, 2.45) is 0 Å². The molecule has 0 aliphatic carbocycles. The third kappa shape index (κ3) is 66.0. The molecule has 0 N–H and O–H groups in total. The first-order valence-corrected chi connectivity index (χ1v) is 33.3. The Morgan fingerprint density at radius 3 is 0.778 bits per heavy atom. The van der Waals surface area contributed by atoms with Crippen molar-refractivity contribution in [2.45, 2.75) is 297 Å². The Labute approximate surface area is 499 Å². The Balaban J connectivity index is 4.31. The van der Waals surface area contributed by atoms with Crippen LogP contribution in [0.1, 0.15) is 290 Å². The van der Waals surface area contributed by atoms with Crippen LogP contribution in [0.25, 0.3) is 0 Å². The molecular formula is C75H122O6. The zero-order valence-corrected chi connectivity index (χ0v) is 52.5.